The van der Waals surface area contributed by atoms with Crippen LogP contribution in [0.4, 0.5) is 0 Å². The van der Waals surface area contributed by atoms with E-state index in [9.17, 15) is 19.5 Å². The third kappa shape index (κ3) is 3.89. The highest BCUT2D eigenvalue weighted by Crippen LogP contribution is 2.16. The minimum atomic E-state index is -1.10. The highest BCUT2D eigenvalue weighted by atomic mass is 32.1. The van der Waals surface area contributed by atoms with Crippen molar-refractivity contribution in [3.63, 3.8) is 0 Å². The first-order valence-electron chi connectivity index (χ1n) is 7.31. The molecule has 0 bridgehead atoms. The fourth-order valence-corrected chi connectivity index (χ4v) is 3.15. The highest BCUT2D eigenvalue weighted by molar-refractivity contribution is 7.12. The van der Waals surface area contributed by atoms with E-state index in [1.807, 2.05) is 0 Å². The van der Waals surface area contributed by atoms with Crippen LogP contribution in [0, 0.1) is 0 Å². The Morgan fingerprint density at radius 3 is 2.61 bits per heavy atom. The number of likely N-dealkylation sites (N-methyl/N-ethyl adjacent to an activating group) is 1. The summed E-state index contributed by atoms with van der Waals surface area (Å²) in [5.74, 6) is -1.53. The number of thiophene rings is 1. The predicted octanol–water partition coefficient (Wildman–Crippen LogP) is 0.484. The van der Waals surface area contributed by atoms with Crippen LogP contribution >= 0.6 is 11.3 Å². The van der Waals surface area contributed by atoms with E-state index < -0.39 is 17.6 Å². The molecule has 2 rings (SSSR count). The van der Waals surface area contributed by atoms with Crippen LogP contribution in [0.2, 0.25) is 0 Å². The Kier molecular flexibility index (Phi) is 5.06. The number of hydrogen-bond acceptors (Lipinski definition) is 5. The average Bonchev–Trinajstić information content (AvgIpc) is 3.00. The third-order valence-corrected chi connectivity index (χ3v) is 4.79. The van der Waals surface area contributed by atoms with Crippen LogP contribution in [0.25, 0.3) is 0 Å². The molecule has 1 atom stereocenters. The van der Waals surface area contributed by atoms with Gasteiger partial charge in [0.1, 0.15) is 11.6 Å². The van der Waals surface area contributed by atoms with Crippen molar-refractivity contribution in [3.05, 3.63) is 22.4 Å². The normalized spacial score (nSPS) is 19.4. The van der Waals surface area contributed by atoms with Gasteiger partial charge in [0.2, 0.25) is 5.91 Å². The number of rotatable bonds is 4. The number of carbonyl (C=O) groups excluding carboxylic acids is 2. The van der Waals surface area contributed by atoms with Crippen LogP contribution in [0.5, 0.6) is 0 Å². The van der Waals surface area contributed by atoms with E-state index in [1.165, 1.54) is 16.2 Å². The molecule has 0 aromatic carbocycles. The fourth-order valence-electron chi connectivity index (χ4n) is 2.53. The molecule has 1 aliphatic rings. The monoisotopic (exact) mass is 339 g/mol. The lowest BCUT2D eigenvalue weighted by molar-refractivity contribution is -0.149. The summed E-state index contributed by atoms with van der Waals surface area (Å²) in [6, 6.07) is 2.74. The molecule has 1 unspecified atom stereocenters. The average molecular weight is 339 g/mol. The molecular formula is C15H21N3O4S. The summed E-state index contributed by atoms with van der Waals surface area (Å²) in [5, 5.41) is 13.8. The second-order valence-electron chi connectivity index (χ2n) is 6.14. The van der Waals surface area contributed by atoms with Crippen molar-refractivity contribution in [1.82, 2.24) is 15.1 Å². The summed E-state index contributed by atoms with van der Waals surface area (Å²) in [6.07, 6.45) is 0. The maximum Gasteiger partial charge on any atom is 0.322 e. The fraction of sp³-hybridized carbons (Fsp3) is 0.533. The van der Waals surface area contributed by atoms with Crippen LogP contribution in [-0.2, 0) is 9.59 Å². The minimum Gasteiger partial charge on any atom is -0.480 e. The molecule has 0 radical (unpaired) electrons. The number of carbonyl (C=O) groups is 3. The molecule has 1 aromatic heterocycles. The number of piperazine rings is 1. The maximum absolute atomic E-state index is 12.7. The molecule has 0 spiro atoms. The summed E-state index contributed by atoms with van der Waals surface area (Å²) >= 11 is 1.30. The summed E-state index contributed by atoms with van der Waals surface area (Å²) in [6.45, 7) is 4.31. The summed E-state index contributed by atoms with van der Waals surface area (Å²) in [4.78, 5) is 39.9. The van der Waals surface area contributed by atoms with Gasteiger partial charge in [0.15, 0.2) is 0 Å². The van der Waals surface area contributed by atoms with E-state index in [1.54, 1.807) is 43.3 Å². The number of carboxylic acids is 1. The number of nitrogens with one attached hydrogen (secondary N) is 1. The lowest BCUT2D eigenvalue weighted by Crippen LogP contribution is -2.62. The van der Waals surface area contributed by atoms with E-state index in [0.717, 1.165) is 0 Å². The largest absolute Gasteiger partial charge is 0.480 e. The van der Waals surface area contributed by atoms with E-state index in [0.29, 0.717) is 18.0 Å². The summed E-state index contributed by atoms with van der Waals surface area (Å²) < 4.78 is 0. The molecule has 23 heavy (non-hydrogen) atoms. The quantitative estimate of drug-likeness (QED) is 0.833. The van der Waals surface area contributed by atoms with Crippen LogP contribution in [0.15, 0.2) is 17.5 Å². The standard InChI is InChI=1S/C15H21N3O4S/c1-15(2,16-12(19)11-5-4-8-23-11)14(22)18-7-6-17(3)10(9-18)13(20)21/h4-5,8,10H,6-7,9H2,1-3H3,(H,16,19)(H,20,21). The zero-order chi connectivity index (χ0) is 17.2. The molecule has 8 heteroatoms. The highest BCUT2D eigenvalue weighted by Gasteiger charge is 2.39. The summed E-state index contributed by atoms with van der Waals surface area (Å²) in [5.41, 5.74) is -1.10. The van der Waals surface area contributed by atoms with Gasteiger partial charge in [-0.25, -0.2) is 0 Å². The van der Waals surface area contributed by atoms with Crippen molar-refractivity contribution in [2.75, 3.05) is 26.7 Å². The van der Waals surface area contributed by atoms with Gasteiger partial charge in [0.05, 0.1) is 4.88 Å². The van der Waals surface area contributed by atoms with Crippen molar-refractivity contribution >= 4 is 29.1 Å². The maximum atomic E-state index is 12.7. The van der Waals surface area contributed by atoms with E-state index >= 15 is 0 Å². The van der Waals surface area contributed by atoms with Gasteiger partial charge in [0.25, 0.3) is 5.91 Å². The number of nitrogens with zero attached hydrogens (tertiary/aromatic N) is 2. The van der Waals surface area contributed by atoms with Crippen LogP contribution in [-0.4, -0.2) is 71.0 Å². The van der Waals surface area contributed by atoms with E-state index in [2.05, 4.69) is 5.32 Å². The Labute approximate surface area is 138 Å². The Morgan fingerprint density at radius 2 is 2.04 bits per heavy atom. The molecule has 2 N–H and O–H groups in total. The van der Waals surface area contributed by atoms with Gasteiger partial charge in [-0.1, -0.05) is 6.07 Å². The zero-order valence-electron chi connectivity index (χ0n) is 13.4. The molecule has 0 saturated carbocycles. The first-order chi connectivity index (χ1) is 10.7. The van der Waals surface area contributed by atoms with Gasteiger partial charge in [-0.3, -0.25) is 19.3 Å². The third-order valence-electron chi connectivity index (χ3n) is 3.93. The first kappa shape index (κ1) is 17.4. The van der Waals surface area contributed by atoms with E-state index in [4.69, 9.17) is 0 Å². The Morgan fingerprint density at radius 1 is 1.35 bits per heavy atom. The minimum absolute atomic E-state index is 0.114. The van der Waals surface area contributed by atoms with Gasteiger partial charge in [-0.15, -0.1) is 11.3 Å². The molecule has 2 heterocycles. The Hall–Kier alpha value is -1.93. The smallest absolute Gasteiger partial charge is 0.322 e. The number of hydrogen-bond donors (Lipinski definition) is 2. The molecule has 1 fully saturated rings. The lowest BCUT2D eigenvalue weighted by Gasteiger charge is -2.40. The molecule has 2 amide bonds. The van der Waals surface area contributed by atoms with Gasteiger partial charge in [-0.05, 0) is 32.3 Å². The van der Waals surface area contributed by atoms with Crippen molar-refractivity contribution in [2.45, 2.75) is 25.4 Å². The van der Waals surface area contributed by atoms with Crippen LogP contribution in [0.3, 0.4) is 0 Å². The topological polar surface area (TPSA) is 90.0 Å². The Bertz CT molecular complexity index is 600. The second-order valence-corrected chi connectivity index (χ2v) is 7.09. The number of carboxylic acid groups (broad SMARTS) is 1. The first-order valence-corrected chi connectivity index (χ1v) is 8.19. The second kappa shape index (κ2) is 6.67. The van der Waals surface area contributed by atoms with Gasteiger partial charge < -0.3 is 15.3 Å². The Balaban J connectivity index is 2.05. The molecule has 0 aliphatic carbocycles. The molecule has 126 valence electrons. The zero-order valence-corrected chi connectivity index (χ0v) is 14.2. The molecule has 1 aliphatic heterocycles. The molecule has 1 saturated heterocycles. The van der Waals surface area contributed by atoms with Crippen LogP contribution in [0.1, 0.15) is 23.5 Å². The summed E-state index contributed by atoms with van der Waals surface area (Å²) in [7, 11) is 1.73. The lowest BCUT2D eigenvalue weighted by atomic mass is 10.0. The number of aliphatic carboxylic acids is 1. The van der Waals surface area contributed by atoms with Crippen molar-refractivity contribution in [2.24, 2.45) is 0 Å². The van der Waals surface area contributed by atoms with E-state index in [-0.39, 0.29) is 18.4 Å². The van der Waals surface area contributed by atoms with Crippen molar-refractivity contribution in [3.8, 4) is 0 Å². The predicted molar refractivity (Wildman–Crippen MR) is 86.5 cm³/mol. The molecular weight excluding hydrogens is 318 g/mol. The number of amides is 2. The van der Waals surface area contributed by atoms with Crippen molar-refractivity contribution < 1.29 is 19.5 Å². The SMILES string of the molecule is CN1CCN(C(=O)C(C)(C)NC(=O)c2cccs2)CC1C(=O)O. The van der Waals surface area contributed by atoms with Crippen LogP contribution < -0.4 is 5.32 Å². The van der Waals surface area contributed by atoms with Gasteiger partial charge in [0, 0.05) is 19.6 Å². The van der Waals surface area contributed by atoms with Gasteiger partial charge in [-0.2, -0.15) is 0 Å². The molecule has 1 aromatic rings. The van der Waals surface area contributed by atoms with Crippen molar-refractivity contribution in [1.29, 1.82) is 0 Å². The van der Waals surface area contributed by atoms with Gasteiger partial charge >= 0.3 is 5.97 Å². The molecule has 7 nitrogen and oxygen atoms in total.